The van der Waals surface area contributed by atoms with Gasteiger partial charge in [-0.05, 0) is 42.7 Å². The van der Waals surface area contributed by atoms with Gasteiger partial charge in [-0.2, -0.15) is 4.98 Å². The third-order valence-electron chi connectivity index (χ3n) is 3.37. The lowest BCUT2D eigenvalue weighted by Gasteiger charge is -2.04. The predicted molar refractivity (Wildman–Crippen MR) is 83.8 cm³/mol. The van der Waals surface area contributed by atoms with Crippen LogP contribution in [0, 0.1) is 0 Å². The third kappa shape index (κ3) is 3.34. The van der Waals surface area contributed by atoms with Crippen LogP contribution in [0.1, 0.15) is 12.0 Å². The van der Waals surface area contributed by atoms with Crippen molar-refractivity contribution in [1.82, 2.24) is 4.98 Å². The zero-order chi connectivity index (χ0) is 14.5. The summed E-state index contributed by atoms with van der Waals surface area (Å²) < 4.78 is 10.8. The molecule has 0 saturated heterocycles. The Bertz CT molecular complexity index is 671. The van der Waals surface area contributed by atoms with Crippen LogP contribution in [0.25, 0.3) is 11.1 Å². The summed E-state index contributed by atoms with van der Waals surface area (Å²) >= 11 is 0. The number of hydrogen-bond acceptors (Lipinski definition) is 4. The zero-order valence-electron chi connectivity index (χ0n) is 12.0. The van der Waals surface area contributed by atoms with Gasteiger partial charge in [0.05, 0.1) is 7.11 Å². The van der Waals surface area contributed by atoms with Crippen LogP contribution in [0.5, 0.6) is 5.75 Å². The van der Waals surface area contributed by atoms with Crippen molar-refractivity contribution in [1.29, 1.82) is 0 Å². The Morgan fingerprint density at radius 1 is 1.10 bits per heavy atom. The lowest BCUT2D eigenvalue weighted by atomic mass is 10.1. The van der Waals surface area contributed by atoms with Crippen molar-refractivity contribution in [2.24, 2.45) is 0 Å². The molecule has 0 aliphatic carbocycles. The number of nitrogens with zero attached hydrogens (tertiary/aromatic N) is 1. The number of nitrogens with one attached hydrogen (secondary N) is 1. The van der Waals surface area contributed by atoms with E-state index in [1.807, 2.05) is 36.4 Å². The van der Waals surface area contributed by atoms with E-state index in [2.05, 4.69) is 22.4 Å². The van der Waals surface area contributed by atoms with Crippen molar-refractivity contribution in [3.8, 4) is 5.75 Å². The van der Waals surface area contributed by atoms with Gasteiger partial charge in [0.2, 0.25) is 0 Å². The second kappa shape index (κ2) is 6.31. The van der Waals surface area contributed by atoms with Gasteiger partial charge in [-0.3, -0.25) is 0 Å². The summed E-state index contributed by atoms with van der Waals surface area (Å²) in [5.74, 6) is 0.892. The molecule has 0 saturated carbocycles. The van der Waals surface area contributed by atoms with Crippen molar-refractivity contribution in [2.75, 3.05) is 19.0 Å². The first kappa shape index (κ1) is 13.5. The van der Waals surface area contributed by atoms with Crippen LogP contribution in [0.2, 0.25) is 0 Å². The quantitative estimate of drug-likeness (QED) is 0.697. The number of methoxy groups -OCH3 is 1. The summed E-state index contributed by atoms with van der Waals surface area (Å²) in [6.45, 7) is 0.832. The summed E-state index contributed by atoms with van der Waals surface area (Å²) in [6, 6.07) is 16.5. The fraction of sp³-hybridized carbons (Fsp3) is 0.235. The highest BCUT2D eigenvalue weighted by atomic mass is 16.5. The lowest BCUT2D eigenvalue weighted by molar-refractivity contribution is 0.414. The molecule has 0 amide bonds. The molecule has 1 N–H and O–H groups in total. The summed E-state index contributed by atoms with van der Waals surface area (Å²) in [4.78, 5) is 4.39. The molecule has 0 unspecified atom stereocenters. The second-order valence-electron chi connectivity index (χ2n) is 4.87. The highest BCUT2D eigenvalue weighted by molar-refractivity contribution is 5.74. The van der Waals surface area contributed by atoms with Crippen LogP contribution in [0.3, 0.4) is 0 Å². The number of anilines is 1. The van der Waals surface area contributed by atoms with E-state index in [9.17, 15) is 0 Å². The van der Waals surface area contributed by atoms with Gasteiger partial charge in [0.15, 0.2) is 5.58 Å². The Balaban J connectivity index is 1.49. The molecule has 3 aromatic rings. The van der Waals surface area contributed by atoms with E-state index < -0.39 is 0 Å². The van der Waals surface area contributed by atoms with Crippen molar-refractivity contribution >= 4 is 17.1 Å². The van der Waals surface area contributed by atoms with Crippen LogP contribution >= 0.6 is 0 Å². The van der Waals surface area contributed by atoms with E-state index in [-0.39, 0.29) is 0 Å². The molecule has 108 valence electrons. The number of aromatic nitrogens is 1. The van der Waals surface area contributed by atoms with Gasteiger partial charge >= 0.3 is 0 Å². The van der Waals surface area contributed by atoms with Crippen molar-refractivity contribution in [3.05, 3.63) is 54.1 Å². The molecule has 0 bridgehead atoms. The van der Waals surface area contributed by atoms with Crippen molar-refractivity contribution in [2.45, 2.75) is 12.8 Å². The first-order chi connectivity index (χ1) is 10.3. The Kier molecular flexibility index (Phi) is 4.05. The number of rotatable bonds is 6. The normalized spacial score (nSPS) is 10.7. The first-order valence-electron chi connectivity index (χ1n) is 7.07. The lowest BCUT2D eigenvalue weighted by Crippen LogP contribution is -2.03. The number of benzene rings is 2. The molecule has 4 nitrogen and oxygen atoms in total. The second-order valence-corrected chi connectivity index (χ2v) is 4.87. The molecule has 0 aliphatic rings. The Hall–Kier alpha value is -2.49. The average molecular weight is 282 g/mol. The number of para-hydroxylation sites is 2. The van der Waals surface area contributed by atoms with E-state index in [0.717, 1.165) is 36.2 Å². The van der Waals surface area contributed by atoms with Crippen molar-refractivity contribution in [3.63, 3.8) is 0 Å². The van der Waals surface area contributed by atoms with Gasteiger partial charge in [0, 0.05) is 6.54 Å². The summed E-state index contributed by atoms with van der Waals surface area (Å²) in [7, 11) is 1.68. The number of hydrogen-bond donors (Lipinski definition) is 1. The van der Waals surface area contributed by atoms with Crippen LogP contribution in [0.15, 0.2) is 52.9 Å². The topological polar surface area (TPSA) is 47.3 Å². The minimum Gasteiger partial charge on any atom is -0.497 e. The van der Waals surface area contributed by atoms with Gasteiger partial charge in [-0.15, -0.1) is 0 Å². The number of aryl methyl sites for hydroxylation is 1. The third-order valence-corrected chi connectivity index (χ3v) is 3.37. The SMILES string of the molecule is COc1ccc(CCCNc2nc3ccccc3o2)cc1. The van der Waals surface area contributed by atoms with E-state index in [0.29, 0.717) is 6.01 Å². The molecule has 1 heterocycles. The van der Waals surface area contributed by atoms with Gasteiger partial charge < -0.3 is 14.5 Å². The van der Waals surface area contributed by atoms with Crippen LogP contribution in [0.4, 0.5) is 6.01 Å². The molecule has 21 heavy (non-hydrogen) atoms. The maximum Gasteiger partial charge on any atom is 0.295 e. The predicted octanol–water partition coefficient (Wildman–Crippen LogP) is 3.88. The molecular formula is C17H18N2O2. The fourth-order valence-corrected chi connectivity index (χ4v) is 2.23. The molecule has 0 spiro atoms. The van der Waals surface area contributed by atoms with E-state index in [1.54, 1.807) is 7.11 Å². The van der Waals surface area contributed by atoms with E-state index in [1.165, 1.54) is 5.56 Å². The standard InChI is InChI=1S/C17H18N2O2/c1-20-14-10-8-13(9-11-14)5-4-12-18-17-19-15-6-2-3-7-16(15)21-17/h2-3,6-11H,4-5,12H2,1H3,(H,18,19). The van der Waals surface area contributed by atoms with Gasteiger partial charge in [-0.25, -0.2) is 0 Å². The number of oxazole rings is 1. The van der Waals surface area contributed by atoms with Gasteiger partial charge in [-0.1, -0.05) is 24.3 Å². The molecule has 0 aliphatic heterocycles. The summed E-state index contributed by atoms with van der Waals surface area (Å²) in [6.07, 6.45) is 2.03. The van der Waals surface area contributed by atoms with Crippen LogP contribution in [-0.4, -0.2) is 18.6 Å². The molecule has 1 aromatic heterocycles. The molecule has 0 atom stereocenters. The molecule has 4 heteroatoms. The van der Waals surface area contributed by atoms with E-state index in [4.69, 9.17) is 9.15 Å². The van der Waals surface area contributed by atoms with E-state index >= 15 is 0 Å². The maximum absolute atomic E-state index is 5.61. The van der Waals surface area contributed by atoms with Crippen LogP contribution in [-0.2, 0) is 6.42 Å². The smallest absolute Gasteiger partial charge is 0.295 e. The molecule has 3 rings (SSSR count). The Morgan fingerprint density at radius 2 is 1.90 bits per heavy atom. The summed E-state index contributed by atoms with van der Waals surface area (Å²) in [5, 5.41) is 3.22. The van der Waals surface area contributed by atoms with Gasteiger partial charge in [0.25, 0.3) is 6.01 Å². The number of ether oxygens (including phenoxy) is 1. The monoisotopic (exact) mass is 282 g/mol. The largest absolute Gasteiger partial charge is 0.497 e. The molecular weight excluding hydrogens is 264 g/mol. The minimum atomic E-state index is 0.589. The molecule has 0 radical (unpaired) electrons. The first-order valence-corrected chi connectivity index (χ1v) is 7.07. The highest BCUT2D eigenvalue weighted by Gasteiger charge is 2.03. The Labute approximate surface area is 123 Å². The maximum atomic E-state index is 5.61. The Morgan fingerprint density at radius 3 is 2.67 bits per heavy atom. The fourth-order valence-electron chi connectivity index (χ4n) is 2.23. The zero-order valence-corrected chi connectivity index (χ0v) is 12.0. The number of fused-ring (bicyclic) bond motifs is 1. The molecule has 2 aromatic carbocycles. The molecule has 0 fully saturated rings. The van der Waals surface area contributed by atoms with Crippen LogP contribution < -0.4 is 10.1 Å². The highest BCUT2D eigenvalue weighted by Crippen LogP contribution is 2.18. The average Bonchev–Trinajstić information content (AvgIpc) is 2.95. The van der Waals surface area contributed by atoms with Gasteiger partial charge in [0.1, 0.15) is 11.3 Å². The summed E-state index contributed by atoms with van der Waals surface area (Å²) in [5.41, 5.74) is 3.00. The van der Waals surface area contributed by atoms with Crippen molar-refractivity contribution < 1.29 is 9.15 Å². The minimum absolute atomic E-state index is 0.589.